The lowest BCUT2D eigenvalue weighted by molar-refractivity contribution is -0.120. The molecule has 0 atom stereocenters. The van der Waals surface area contributed by atoms with Gasteiger partial charge in [0, 0.05) is 46.5 Å². The summed E-state index contributed by atoms with van der Waals surface area (Å²) in [6.07, 6.45) is 10.1. The molecule has 5 aromatic heterocycles. The lowest BCUT2D eigenvalue weighted by atomic mass is 9.88. The number of aromatic amines is 2. The minimum absolute atomic E-state index is 0.00186. The Balaban J connectivity index is 1.25. The van der Waals surface area contributed by atoms with Crippen LogP contribution >= 0.6 is 11.3 Å². The molecule has 5 heterocycles. The van der Waals surface area contributed by atoms with Crippen LogP contribution < -0.4 is 5.32 Å². The third-order valence-electron chi connectivity index (χ3n) is 7.38. The molecule has 1 saturated carbocycles. The van der Waals surface area contributed by atoms with E-state index in [1.54, 1.807) is 42.1 Å². The third-order valence-corrected chi connectivity index (χ3v) is 8.07. The first-order chi connectivity index (χ1) is 19.1. The average molecular weight is 538 g/mol. The van der Waals surface area contributed by atoms with Crippen molar-refractivity contribution in [1.82, 2.24) is 30.1 Å². The van der Waals surface area contributed by atoms with Crippen LogP contribution in [-0.2, 0) is 4.79 Å². The smallest absolute Gasteiger partial charge is 0.227 e. The summed E-state index contributed by atoms with van der Waals surface area (Å²) < 4.78 is 15.3. The van der Waals surface area contributed by atoms with Crippen molar-refractivity contribution in [2.24, 2.45) is 5.92 Å². The third kappa shape index (κ3) is 4.36. The first kappa shape index (κ1) is 23.7. The van der Waals surface area contributed by atoms with E-state index < -0.39 is 5.82 Å². The summed E-state index contributed by atoms with van der Waals surface area (Å²) in [7, 11) is 0. The molecule has 1 aromatic carbocycles. The molecule has 0 aliphatic heterocycles. The number of anilines is 1. The van der Waals surface area contributed by atoms with Crippen molar-refractivity contribution < 1.29 is 9.18 Å². The van der Waals surface area contributed by atoms with Crippen molar-refractivity contribution in [3.05, 3.63) is 65.5 Å². The van der Waals surface area contributed by atoms with Gasteiger partial charge in [-0.1, -0.05) is 19.3 Å². The molecule has 3 N–H and O–H groups in total. The lowest BCUT2D eigenvalue weighted by Gasteiger charge is -2.20. The Hall–Kier alpha value is -4.44. The SMILES string of the molecule is O=C(Nc1cncc(-c2cc3c(-c4nc5c(-c6ccsc6)ccnc5[nH]4)n[nH]c3cc2F)c1)C1CCCCC1. The molecule has 6 aromatic rings. The number of hydrogen-bond acceptors (Lipinski definition) is 6. The molecule has 1 aliphatic carbocycles. The first-order valence-corrected chi connectivity index (χ1v) is 13.9. The van der Waals surface area contributed by atoms with Gasteiger partial charge in [0.2, 0.25) is 5.91 Å². The van der Waals surface area contributed by atoms with E-state index in [9.17, 15) is 4.79 Å². The van der Waals surface area contributed by atoms with Gasteiger partial charge in [-0.2, -0.15) is 16.4 Å². The molecule has 194 valence electrons. The van der Waals surface area contributed by atoms with Crippen molar-refractivity contribution in [3.8, 4) is 33.8 Å². The molecule has 1 amide bonds. The number of thiophene rings is 1. The Labute approximate surface area is 226 Å². The van der Waals surface area contributed by atoms with Crippen LogP contribution in [0.15, 0.2) is 59.7 Å². The number of nitrogens with one attached hydrogen (secondary N) is 3. The van der Waals surface area contributed by atoms with E-state index in [4.69, 9.17) is 4.98 Å². The zero-order chi connectivity index (χ0) is 26.3. The number of aromatic nitrogens is 6. The molecule has 0 bridgehead atoms. The maximum absolute atomic E-state index is 15.3. The lowest BCUT2D eigenvalue weighted by Crippen LogP contribution is -2.24. The van der Waals surface area contributed by atoms with Gasteiger partial charge in [0.15, 0.2) is 11.5 Å². The van der Waals surface area contributed by atoms with Gasteiger partial charge in [-0.3, -0.25) is 14.9 Å². The molecule has 0 spiro atoms. The number of carbonyl (C=O) groups excluding carboxylic acids is 1. The summed E-state index contributed by atoms with van der Waals surface area (Å²) in [5, 5.41) is 15.2. The number of carbonyl (C=O) groups is 1. The van der Waals surface area contributed by atoms with Crippen LogP contribution in [-0.4, -0.2) is 36.0 Å². The second kappa shape index (κ2) is 9.70. The zero-order valence-corrected chi connectivity index (χ0v) is 21.7. The van der Waals surface area contributed by atoms with Gasteiger partial charge in [-0.25, -0.2) is 14.4 Å². The number of amides is 1. The topological polar surface area (TPSA) is 112 Å². The maximum Gasteiger partial charge on any atom is 0.227 e. The predicted octanol–water partition coefficient (Wildman–Crippen LogP) is 6.95. The molecular weight excluding hydrogens is 513 g/mol. The van der Waals surface area contributed by atoms with E-state index in [0.717, 1.165) is 42.3 Å². The number of H-pyrrole nitrogens is 2. The van der Waals surface area contributed by atoms with Crippen molar-refractivity contribution in [2.75, 3.05) is 5.32 Å². The van der Waals surface area contributed by atoms with Crippen LogP contribution in [0.4, 0.5) is 10.1 Å². The van der Waals surface area contributed by atoms with Gasteiger partial charge in [-0.15, -0.1) is 0 Å². The number of rotatable bonds is 5. The van der Waals surface area contributed by atoms with Crippen LogP contribution in [0, 0.1) is 11.7 Å². The standard InChI is InChI=1S/C29H24FN7OS/c30-23-12-24-22(11-21(23)18-10-19(14-31-13-18)33-29(38)16-4-2-1-3-5-16)26(37-36-24)28-34-25-20(17-7-9-39-15-17)6-8-32-27(25)35-28/h6-16H,1-5H2,(H,33,38)(H,36,37)(H,32,34,35). The highest BCUT2D eigenvalue weighted by Gasteiger charge is 2.22. The summed E-state index contributed by atoms with van der Waals surface area (Å²) >= 11 is 1.62. The van der Waals surface area contributed by atoms with Crippen LogP contribution in [0.1, 0.15) is 32.1 Å². The number of pyridine rings is 2. The molecule has 0 unspecified atom stereocenters. The molecule has 0 saturated heterocycles. The van der Waals surface area contributed by atoms with E-state index in [1.165, 1.54) is 12.5 Å². The number of nitrogens with zero attached hydrogens (tertiary/aromatic N) is 4. The van der Waals surface area contributed by atoms with Gasteiger partial charge in [0.25, 0.3) is 0 Å². The summed E-state index contributed by atoms with van der Waals surface area (Å²) in [6, 6.07) is 8.92. The van der Waals surface area contributed by atoms with E-state index in [0.29, 0.717) is 44.9 Å². The summed E-state index contributed by atoms with van der Waals surface area (Å²) in [5.41, 5.74) is 6.04. The summed E-state index contributed by atoms with van der Waals surface area (Å²) in [4.78, 5) is 29.6. The first-order valence-electron chi connectivity index (χ1n) is 13.0. The Morgan fingerprint density at radius 2 is 1.95 bits per heavy atom. The Morgan fingerprint density at radius 3 is 2.79 bits per heavy atom. The second-order valence-electron chi connectivity index (χ2n) is 9.89. The van der Waals surface area contributed by atoms with Crippen molar-refractivity contribution in [3.63, 3.8) is 0 Å². The molecule has 1 fully saturated rings. The van der Waals surface area contributed by atoms with Gasteiger partial charge >= 0.3 is 0 Å². The summed E-state index contributed by atoms with van der Waals surface area (Å²) in [5.74, 6) is 0.140. The molecule has 10 heteroatoms. The molecule has 7 rings (SSSR count). The largest absolute Gasteiger partial charge is 0.324 e. The number of fused-ring (bicyclic) bond motifs is 2. The van der Waals surface area contributed by atoms with E-state index in [1.807, 2.05) is 17.5 Å². The maximum atomic E-state index is 15.3. The fourth-order valence-electron chi connectivity index (χ4n) is 5.38. The normalized spacial score (nSPS) is 14.3. The number of imidazole rings is 1. The molecule has 0 radical (unpaired) electrons. The van der Waals surface area contributed by atoms with Gasteiger partial charge in [0.1, 0.15) is 17.0 Å². The zero-order valence-electron chi connectivity index (χ0n) is 20.9. The number of halogens is 1. The monoisotopic (exact) mass is 537 g/mol. The van der Waals surface area contributed by atoms with Gasteiger partial charge in [0.05, 0.1) is 17.4 Å². The van der Waals surface area contributed by atoms with Crippen molar-refractivity contribution in [1.29, 1.82) is 0 Å². The van der Waals surface area contributed by atoms with E-state index in [2.05, 4.69) is 35.8 Å². The van der Waals surface area contributed by atoms with Crippen LogP contribution in [0.5, 0.6) is 0 Å². The Bertz CT molecular complexity index is 1820. The van der Waals surface area contributed by atoms with Crippen molar-refractivity contribution >= 4 is 45.0 Å². The number of benzene rings is 1. The molecule has 8 nitrogen and oxygen atoms in total. The Morgan fingerprint density at radius 1 is 1.05 bits per heavy atom. The van der Waals surface area contributed by atoms with Gasteiger partial charge < -0.3 is 10.3 Å². The quantitative estimate of drug-likeness (QED) is 0.220. The van der Waals surface area contributed by atoms with Crippen molar-refractivity contribution in [2.45, 2.75) is 32.1 Å². The number of hydrogen-bond donors (Lipinski definition) is 3. The predicted molar refractivity (Wildman–Crippen MR) is 151 cm³/mol. The molecular formula is C29H24FN7OS. The fourth-order valence-corrected chi connectivity index (χ4v) is 6.03. The highest BCUT2D eigenvalue weighted by Crippen LogP contribution is 2.35. The molecule has 39 heavy (non-hydrogen) atoms. The summed E-state index contributed by atoms with van der Waals surface area (Å²) in [6.45, 7) is 0. The fraction of sp³-hybridized carbons (Fsp3) is 0.207. The minimum atomic E-state index is -0.415. The Kier molecular flexibility index (Phi) is 5.89. The van der Waals surface area contributed by atoms with E-state index in [-0.39, 0.29) is 11.8 Å². The average Bonchev–Trinajstić information content (AvgIpc) is 3.72. The van der Waals surface area contributed by atoms with Crippen LogP contribution in [0.25, 0.3) is 55.8 Å². The second-order valence-corrected chi connectivity index (χ2v) is 10.7. The highest BCUT2D eigenvalue weighted by atomic mass is 32.1. The van der Waals surface area contributed by atoms with E-state index >= 15 is 4.39 Å². The van der Waals surface area contributed by atoms with Crippen LogP contribution in [0.3, 0.4) is 0 Å². The van der Waals surface area contributed by atoms with Gasteiger partial charge in [-0.05, 0) is 53.4 Å². The minimum Gasteiger partial charge on any atom is -0.324 e. The molecule has 1 aliphatic rings. The van der Waals surface area contributed by atoms with Crippen LogP contribution in [0.2, 0.25) is 0 Å². The highest BCUT2D eigenvalue weighted by molar-refractivity contribution is 7.08.